The second kappa shape index (κ2) is 6.04. The molecule has 1 aromatic carbocycles. The van der Waals surface area contributed by atoms with Crippen LogP contribution in [0.5, 0.6) is 0 Å². The first-order chi connectivity index (χ1) is 9.76. The zero-order chi connectivity index (χ0) is 13.9. The average molecular weight is 287 g/mol. The third-order valence-electron chi connectivity index (χ3n) is 4.06. The van der Waals surface area contributed by atoms with E-state index in [9.17, 15) is 0 Å². The second-order valence-electron chi connectivity index (χ2n) is 5.63. The van der Waals surface area contributed by atoms with E-state index >= 15 is 0 Å². The van der Waals surface area contributed by atoms with Gasteiger partial charge < -0.3 is 5.73 Å². The third-order valence-corrected chi connectivity index (χ3v) is 5.00. The highest BCUT2D eigenvalue weighted by molar-refractivity contribution is 7.13. The van der Waals surface area contributed by atoms with Gasteiger partial charge in [-0.3, -0.25) is 4.90 Å². The van der Waals surface area contributed by atoms with Gasteiger partial charge in [0.2, 0.25) is 0 Å². The van der Waals surface area contributed by atoms with Crippen molar-refractivity contribution in [2.24, 2.45) is 11.7 Å². The lowest BCUT2D eigenvalue weighted by Crippen LogP contribution is -2.27. The van der Waals surface area contributed by atoms with Crippen molar-refractivity contribution in [2.45, 2.75) is 25.9 Å². The maximum atomic E-state index is 5.79. The molecule has 0 amide bonds. The van der Waals surface area contributed by atoms with Gasteiger partial charge in [-0.2, -0.15) is 0 Å². The first-order valence-electron chi connectivity index (χ1n) is 7.20. The first kappa shape index (κ1) is 13.7. The highest BCUT2D eigenvalue weighted by Gasteiger charge is 2.28. The standard InChI is InChI=1S/C16H21N3S/c1-12-7-13(8-17)9-19(12)10-15-11-20-16(18-15)14-5-3-2-4-6-14/h2-6,11-13H,7-10,17H2,1H3. The van der Waals surface area contributed by atoms with Gasteiger partial charge in [0.05, 0.1) is 5.69 Å². The largest absolute Gasteiger partial charge is 0.330 e. The molecule has 1 aliphatic heterocycles. The molecule has 2 N–H and O–H groups in total. The topological polar surface area (TPSA) is 42.1 Å². The van der Waals surface area contributed by atoms with Crippen LogP contribution in [0.15, 0.2) is 35.7 Å². The van der Waals surface area contributed by atoms with Gasteiger partial charge in [-0.25, -0.2) is 4.98 Å². The molecule has 3 nitrogen and oxygen atoms in total. The summed E-state index contributed by atoms with van der Waals surface area (Å²) in [6.07, 6.45) is 1.21. The average Bonchev–Trinajstić information content (AvgIpc) is 3.08. The van der Waals surface area contributed by atoms with Crippen LogP contribution in [-0.2, 0) is 6.54 Å². The fourth-order valence-corrected chi connectivity index (χ4v) is 3.73. The smallest absolute Gasteiger partial charge is 0.123 e. The minimum absolute atomic E-state index is 0.616. The maximum Gasteiger partial charge on any atom is 0.123 e. The second-order valence-corrected chi connectivity index (χ2v) is 6.48. The summed E-state index contributed by atoms with van der Waals surface area (Å²) in [5, 5.41) is 3.30. The molecule has 1 aromatic heterocycles. The summed E-state index contributed by atoms with van der Waals surface area (Å²) in [5.74, 6) is 0.650. The normalized spacial score (nSPS) is 23.3. The monoisotopic (exact) mass is 287 g/mol. The predicted molar refractivity (Wildman–Crippen MR) is 84.6 cm³/mol. The number of aromatic nitrogens is 1. The highest BCUT2D eigenvalue weighted by Crippen LogP contribution is 2.27. The molecule has 0 saturated carbocycles. The lowest BCUT2D eigenvalue weighted by atomic mass is 10.1. The van der Waals surface area contributed by atoms with Gasteiger partial charge in [-0.15, -0.1) is 11.3 Å². The number of hydrogen-bond donors (Lipinski definition) is 1. The van der Waals surface area contributed by atoms with E-state index in [0.29, 0.717) is 12.0 Å². The Kier molecular flexibility index (Phi) is 4.15. The number of hydrogen-bond acceptors (Lipinski definition) is 4. The number of thiazole rings is 1. The number of benzene rings is 1. The predicted octanol–water partition coefficient (Wildman–Crippen LogP) is 2.98. The molecule has 1 saturated heterocycles. The molecule has 0 bridgehead atoms. The lowest BCUT2D eigenvalue weighted by molar-refractivity contribution is 0.253. The van der Waals surface area contributed by atoms with Crippen molar-refractivity contribution >= 4 is 11.3 Å². The van der Waals surface area contributed by atoms with E-state index in [1.165, 1.54) is 17.7 Å². The molecule has 0 aliphatic carbocycles. The van der Waals surface area contributed by atoms with Crippen LogP contribution in [0.25, 0.3) is 10.6 Å². The zero-order valence-electron chi connectivity index (χ0n) is 11.8. The summed E-state index contributed by atoms with van der Waals surface area (Å²) in [4.78, 5) is 7.28. The van der Waals surface area contributed by atoms with E-state index in [1.54, 1.807) is 11.3 Å². The molecule has 20 heavy (non-hydrogen) atoms. The van der Waals surface area contributed by atoms with Crippen LogP contribution >= 0.6 is 11.3 Å². The summed E-state index contributed by atoms with van der Waals surface area (Å²) in [7, 11) is 0. The summed E-state index contributed by atoms with van der Waals surface area (Å²) < 4.78 is 0. The fraction of sp³-hybridized carbons (Fsp3) is 0.438. The number of nitrogens with zero attached hydrogens (tertiary/aromatic N) is 2. The van der Waals surface area contributed by atoms with Crippen LogP contribution in [0.3, 0.4) is 0 Å². The molecule has 2 heterocycles. The van der Waals surface area contributed by atoms with Crippen molar-refractivity contribution < 1.29 is 0 Å². The van der Waals surface area contributed by atoms with Gasteiger partial charge in [-0.05, 0) is 25.8 Å². The first-order valence-corrected chi connectivity index (χ1v) is 8.08. The third kappa shape index (κ3) is 2.92. The van der Waals surface area contributed by atoms with Gasteiger partial charge in [0, 0.05) is 30.1 Å². The van der Waals surface area contributed by atoms with Crippen LogP contribution in [-0.4, -0.2) is 29.0 Å². The van der Waals surface area contributed by atoms with Gasteiger partial charge in [0.15, 0.2) is 0 Å². The molecule has 2 aromatic rings. The lowest BCUT2D eigenvalue weighted by Gasteiger charge is -2.19. The van der Waals surface area contributed by atoms with Crippen molar-refractivity contribution in [1.82, 2.24) is 9.88 Å². The van der Waals surface area contributed by atoms with Crippen molar-refractivity contribution in [3.63, 3.8) is 0 Å². The molecule has 4 heteroatoms. The molecule has 106 valence electrons. The Labute approximate surface area is 124 Å². The Bertz CT molecular complexity index is 552. The molecular formula is C16H21N3S. The summed E-state index contributed by atoms with van der Waals surface area (Å²) in [6.45, 7) is 5.14. The quantitative estimate of drug-likeness (QED) is 0.940. The van der Waals surface area contributed by atoms with Gasteiger partial charge >= 0.3 is 0 Å². The molecule has 2 atom stereocenters. The van der Waals surface area contributed by atoms with Gasteiger partial charge in [0.25, 0.3) is 0 Å². The van der Waals surface area contributed by atoms with Gasteiger partial charge in [-0.1, -0.05) is 30.3 Å². The van der Waals surface area contributed by atoms with E-state index < -0.39 is 0 Å². The summed E-state index contributed by atoms with van der Waals surface area (Å²) >= 11 is 1.73. The van der Waals surface area contributed by atoms with Crippen molar-refractivity contribution in [1.29, 1.82) is 0 Å². The maximum absolute atomic E-state index is 5.79. The van der Waals surface area contributed by atoms with Crippen LogP contribution in [0, 0.1) is 5.92 Å². The van der Waals surface area contributed by atoms with E-state index in [0.717, 1.165) is 24.6 Å². The molecule has 0 radical (unpaired) electrons. The SMILES string of the molecule is CC1CC(CN)CN1Cc1csc(-c2ccccc2)n1. The Morgan fingerprint density at radius 2 is 2.15 bits per heavy atom. The number of likely N-dealkylation sites (tertiary alicyclic amines) is 1. The molecule has 3 rings (SSSR count). The molecule has 0 spiro atoms. The van der Waals surface area contributed by atoms with Crippen LogP contribution in [0.2, 0.25) is 0 Å². The minimum atomic E-state index is 0.616. The summed E-state index contributed by atoms with van der Waals surface area (Å²) in [6, 6.07) is 11.0. The van der Waals surface area contributed by atoms with Crippen molar-refractivity contribution in [3.05, 3.63) is 41.4 Å². The minimum Gasteiger partial charge on any atom is -0.330 e. The van der Waals surface area contributed by atoms with E-state index in [1.807, 2.05) is 6.07 Å². The fourth-order valence-electron chi connectivity index (χ4n) is 2.91. The van der Waals surface area contributed by atoms with Gasteiger partial charge in [0.1, 0.15) is 5.01 Å². The summed E-state index contributed by atoms with van der Waals surface area (Å²) in [5.41, 5.74) is 8.18. The molecule has 2 unspecified atom stereocenters. The van der Waals surface area contributed by atoms with E-state index in [-0.39, 0.29) is 0 Å². The van der Waals surface area contributed by atoms with E-state index in [4.69, 9.17) is 10.7 Å². The zero-order valence-corrected chi connectivity index (χ0v) is 12.6. The molecular weight excluding hydrogens is 266 g/mol. The number of nitrogens with two attached hydrogens (primary N) is 1. The Morgan fingerprint density at radius 1 is 1.35 bits per heavy atom. The van der Waals surface area contributed by atoms with Crippen LogP contribution in [0.1, 0.15) is 19.0 Å². The highest BCUT2D eigenvalue weighted by atomic mass is 32.1. The molecule has 1 aliphatic rings. The Balaban J connectivity index is 1.69. The van der Waals surface area contributed by atoms with Crippen LogP contribution in [0.4, 0.5) is 0 Å². The number of rotatable bonds is 4. The van der Waals surface area contributed by atoms with E-state index in [2.05, 4.69) is 41.5 Å². The van der Waals surface area contributed by atoms with Crippen molar-refractivity contribution in [2.75, 3.05) is 13.1 Å². The molecule has 1 fully saturated rings. The van der Waals surface area contributed by atoms with Crippen molar-refractivity contribution in [3.8, 4) is 10.6 Å². The Morgan fingerprint density at radius 3 is 2.85 bits per heavy atom. The Hall–Kier alpha value is -1.23. The van der Waals surface area contributed by atoms with Crippen LogP contribution < -0.4 is 5.73 Å².